The Bertz CT molecular complexity index is 690. The maximum absolute atomic E-state index is 11.9. The van der Waals surface area contributed by atoms with Gasteiger partial charge in [-0.2, -0.15) is 0 Å². The summed E-state index contributed by atoms with van der Waals surface area (Å²) in [5.41, 5.74) is -0.204. The van der Waals surface area contributed by atoms with Crippen molar-refractivity contribution >= 4 is 17.6 Å². The Morgan fingerprint density at radius 1 is 1.08 bits per heavy atom. The third-order valence-corrected chi connectivity index (χ3v) is 3.09. The number of nitroso groups, excluding NO2 is 1. The number of anilines is 1. The molecular formula is C15H16N2O7. The number of carbonyl (C=O) groups is 2. The van der Waals surface area contributed by atoms with E-state index in [4.69, 9.17) is 18.9 Å². The van der Waals surface area contributed by atoms with Crippen molar-refractivity contribution < 1.29 is 28.5 Å². The topological polar surface area (TPSA) is 104 Å². The van der Waals surface area contributed by atoms with Gasteiger partial charge < -0.3 is 18.9 Å². The fourth-order valence-corrected chi connectivity index (χ4v) is 2.00. The van der Waals surface area contributed by atoms with Crippen molar-refractivity contribution in [1.29, 1.82) is 0 Å². The van der Waals surface area contributed by atoms with Crippen LogP contribution in [0, 0.1) is 4.91 Å². The Morgan fingerprint density at radius 2 is 1.67 bits per heavy atom. The number of ether oxygens (including phenoxy) is 4. The standard InChI is InChI=1S/C15H16N2O7/c1-15(2)23-13(18)10(14(19)24-15)8-17(16-20)9-5-6-11(21-3)12(7-9)22-4/h5-8H,1-4H3. The lowest BCUT2D eigenvalue weighted by Gasteiger charge is -2.30. The minimum absolute atomic E-state index is 0.251. The molecule has 0 N–H and O–H groups in total. The second kappa shape index (κ2) is 6.57. The summed E-state index contributed by atoms with van der Waals surface area (Å²) in [6.07, 6.45) is 0.939. The highest BCUT2D eigenvalue weighted by molar-refractivity contribution is 6.15. The Morgan fingerprint density at radius 3 is 2.17 bits per heavy atom. The molecule has 1 heterocycles. The molecule has 1 fully saturated rings. The van der Waals surface area contributed by atoms with Gasteiger partial charge in [-0.1, -0.05) is 0 Å². The zero-order valence-corrected chi connectivity index (χ0v) is 13.6. The van der Waals surface area contributed by atoms with Crippen molar-refractivity contribution in [2.75, 3.05) is 19.2 Å². The van der Waals surface area contributed by atoms with Crippen molar-refractivity contribution in [3.05, 3.63) is 34.9 Å². The molecule has 0 bridgehead atoms. The maximum Gasteiger partial charge on any atom is 0.350 e. The lowest BCUT2D eigenvalue weighted by molar-refractivity contribution is -0.222. The Hall–Kier alpha value is -3.10. The van der Waals surface area contributed by atoms with E-state index in [0.717, 1.165) is 11.2 Å². The first-order valence-corrected chi connectivity index (χ1v) is 6.84. The SMILES string of the molecule is COc1ccc(N(C=C2C(=O)OC(C)(C)OC2=O)N=O)cc1OC. The monoisotopic (exact) mass is 336 g/mol. The molecule has 0 aliphatic carbocycles. The highest BCUT2D eigenvalue weighted by Gasteiger charge is 2.39. The van der Waals surface area contributed by atoms with Gasteiger partial charge in [-0.3, -0.25) is 0 Å². The van der Waals surface area contributed by atoms with E-state index in [2.05, 4.69) is 5.29 Å². The van der Waals surface area contributed by atoms with E-state index >= 15 is 0 Å². The first-order valence-electron chi connectivity index (χ1n) is 6.84. The molecule has 9 nitrogen and oxygen atoms in total. The van der Waals surface area contributed by atoms with E-state index in [0.29, 0.717) is 11.5 Å². The smallest absolute Gasteiger partial charge is 0.350 e. The molecule has 1 aromatic rings. The predicted octanol–water partition coefficient (Wildman–Crippen LogP) is 1.91. The van der Waals surface area contributed by atoms with Crippen molar-refractivity contribution in [3.8, 4) is 11.5 Å². The van der Waals surface area contributed by atoms with Crippen LogP contribution in [0.4, 0.5) is 5.69 Å². The van der Waals surface area contributed by atoms with Gasteiger partial charge in [0.25, 0.3) is 5.79 Å². The van der Waals surface area contributed by atoms with Crippen LogP contribution in [0.25, 0.3) is 0 Å². The molecule has 1 aliphatic heterocycles. The molecular weight excluding hydrogens is 320 g/mol. The number of hydrogen-bond acceptors (Lipinski definition) is 8. The molecule has 128 valence electrons. The van der Waals surface area contributed by atoms with Crippen molar-refractivity contribution in [2.45, 2.75) is 19.6 Å². The minimum Gasteiger partial charge on any atom is -0.493 e. The van der Waals surface area contributed by atoms with E-state index in [-0.39, 0.29) is 5.69 Å². The summed E-state index contributed by atoms with van der Waals surface area (Å²) < 4.78 is 20.1. The molecule has 9 heteroatoms. The van der Waals surface area contributed by atoms with Gasteiger partial charge in [0, 0.05) is 19.9 Å². The van der Waals surface area contributed by atoms with Gasteiger partial charge in [0.1, 0.15) is 0 Å². The van der Waals surface area contributed by atoms with Crippen LogP contribution in [0.15, 0.2) is 35.3 Å². The first-order chi connectivity index (χ1) is 11.3. The highest BCUT2D eigenvalue weighted by Crippen LogP contribution is 2.32. The highest BCUT2D eigenvalue weighted by atomic mass is 16.7. The van der Waals surface area contributed by atoms with Crippen molar-refractivity contribution in [1.82, 2.24) is 0 Å². The molecule has 1 aromatic carbocycles. The Labute approximate surface area is 137 Å². The molecule has 1 saturated heterocycles. The fourth-order valence-electron chi connectivity index (χ4n) is 2.00. The van der Waals surface area contributed by atoms with E-state index in [1.165, 1.54) is 40.2 Å². The minimum atomic E-state index is -1.37. The average Bonchev–Trinajstić information content (AvgIpc) is 2.52. The average molecular weight is 336 g/mol. The van der Waals surface area contributed by atoms with Gasteiger partial charge in [0.15, 0.2) is 17.1 Å². The largest absolute Gasteiger partial charge is 0.493 e. The van der Waals surface area contributed by atoms with Crippen molar-refractivity contribution in [2.24, 2.45) is 5.29 Å². The van der Waals surface area contributed by atoms with E-state index in [1.807, 2.05) is 0 Å². The van der Waals surface area contributed by atoms with Crippen LogP contribution in [0.1, 0.15) is 13.8 Å². The lowest BCUT2D eigenvalue weighted by Crippen LogP contribution is -2.42. The zero-order valence-electron chi connectivity index (χ0n) is 13.6. The van der Waals surface area contributed by atoms with Gasteiger partial charge in [-0.25, -0.2) is 14.6 Å². The Balaban J connectivity index is 2.37. The van der Waals surface area contributed by atoms with Crippen LogP contribution >= 0.6 is 0 Å². The van der Waals surface area contributed by atoms with Gasteiger partial charge >= 0.3 is 11.9 Å². The molecule has 0 amide bonds. The number of hydrogen-bond donors (Lipinski definition) is 0. The summed E-state index contributed by atoms with van der Waals surface area (Å²) >= 11 is 0. The molecule has 0 radical (unpaired) electrons. The van der Waals surface area contributed by atoms with Crippen LogP contribution in [0.2, 0.25) is 0 Å². The number of cyclic esters (lactones) is 2. The van der Waals surface area contributed by atoms with E-state index < -0.39 is 23.3 Å². The lowest BCUT2D eigenvalue weighted by atomic mass is 10.2. The van der Waals surface area contributed by atoms with Gasteiger partial charge in [0.2, 0.25) is 0 Å². The van der Waals surface area contributed by atoms with E-state index in [9.17, 15) is 14.5 Å². The summed E-state index contributed by atoms with van der Waals surface area (Å²) in [5, 5.41) is 3.57. The first kappa shape index (κ1) is 17.3. The molecule has 0 unspecified atom stereocenters. The molecule has 0 atom stereocenters. The molecule has 2 rings (SSSR count). The van der Waals surface area contributed by atoms with Crippen molar-refractivity contribution in [3.63, 3.8) is 0 Å². The molecule has 0 aromatic heterocycles. The number of methoxy groups -OCH3 is 2. The van der Waals surface area contributed by atoms with Crippen LogP contribution in [-0.2, 0) is 19.1 Å². The zero-order chi connectivity index (χ0) is 17.9. The third kappa shape index (κ3) is 3.45. The number of nitrogens with zero attached hydrogens (tertiary/aromatic N) is 2. The molecule has 1 aliphatic rings. The number of esters is 2. The van der Waals surface area contributed by atoms with Crippen LogP contribution in [0.5, 0.6) is 11.5 Å². The van der Waals surface area contributed by atoms with E-state index in [1.54, 1.807) is 6.07 Å². The fraction of sp³-hybridized carbons (Fsp3) is 0.333. The number of benzene rings is 1. The number of rotatable bonds is 5. The molecule has 24 heavy (non-hydrogen) atoms. The second-order valence-electron chi connectivity index (χ2n) is 5.19. The normalized spacial score (nSPS) is 15.9. The quantitative estimate of drug-likeness (QED) is 0.264. The summed E-state index contributed by atoms with van der Waals surface area (Å²) in [6.45, 7) is 2.84. The van der Waals surface area contributed by atoms with Crippen LogP contribution in [-0.4, -0.2) is 31.9 Å². The summed E-state index contributed by atoms with van der Waals surface area (Å²) in [7, 11) is 2.89. The summed E-state index contributed by atoms with van der Waals surface area (Å²) in [6, 6.07) is 4.51. The van der Waals surface area contributed by atoms with Gasteiger partial charge in [0.05, 0.1) is 31.4 Å². The number of carbonyl (C=O) groups excluding carboxylic acids is 2. The van der Waals surface area contributed by atoms with Crippen LogP contribution < -0.4 is 14.5 Å². The maximum atomic E-state index is 11.9. The molecule has 0 spiro atoms. The van der Waals surface area contributed by atoms with Gasteiger partial charge in [-0.05, 0) is 12.1 Å². The predicted molar refractivity (Wildman–Crippen MR) is 82.2 cm³/mol. The van der Waals surface area contributed by atoms with Crippen LogP contribution in [0.3, 0.4) is 0 Å². The third-order valence-electron chi connectivity index (χ3n) is 3.09. The summed E-state index contributed by atoms with van der Waals surface area (Å²) in [4.78, 5) is 35.0. The Kier molecular flexibility index (Phi) is 4.72. The molecule has 0 saturated carbocycles. The van der Waals surface area contributed by atoms with Gasteiger partial charge in [-0.15, -0.1) is 4.91 Å². The summed E-state index contributed by atoms with van der Waals surface area (Å²) in [5.74, 6) is -2.40. The second-order valence-corrected chi connectivity index (χ2v) is 5.19.